The third-order valence-corrected chi connectivity index (χ3v) is 1.95. The first-order valence-corrected chi connectivity index (χ1v) is 4.37. The van der Waals surface area contributed by atoms with Crippen LogP contribution in [0.15, 0.2) is 12.2 Å². The number of hydrogen-bond acceptors (Lipinski definition) is 2. The second-order valence-electron chi connectivity index (χ2n) is 3.17. The van der Waals surface area contributed by atoms with E-state index in [1.165, 1.54) is 6.08 Å². The van der Waals surface area contributed by atoms with E-state index in [4.69, 9.17) is 4.74 Å². The van der Waals surface area contributed by atoms with Crippen LogP contribution in [0.2, 0.25) is 0 Å². The van der Waals surface area contributed by atoms with Crippen molar-refractivity contribution in [3.05, 3.63) is 12.2 Å². The first-order valence-electron chi connectivity index (χ1n) is 4.37. The van der Waals surface area contributed by atoms with Crippen LogP contribution in [0, 0.1) is 0 Å². The number of rotatable bonds is 5. The molecule has 0 amide bonds. The number of aldehydes is 1. The van der Waals surface area contributed by atoms with Crippen LogP contribution in [-0.2, 0) is 9.53 Å². The van der Waals surface area contributed by atoms with Crippen LogP contribution in [0.4, 0.5) is 13.2 Å². The molecule has 0 aromatic heterocycles. The molecule has 14 heavy (non-hydrogen) atoms. The van der Waals surface area contributed by atoms with E-state index in [2.05, 4.69) is 0 Å². The molecule has 0 aliphatic carbocycles. The second kappa shape index (κ2) is 4.59. The Hall–Kier alpha value is -0.840. The highest BCUT2D eigenvalue weighted by atomic mass is 19.4. The molecule has 1 saturated heterocycles. The SMILES string of the molecule is O=CC=C[C@H]1O[C@@H]1CCCC(F)(F)F. The predicted octanol–water partition coefficient (Wildman–Crippen LogP) is 2.24. The van der Waals surface area contributed by atoms with Crippen LogP contribution in [0.5, 0.6) is 0 Å². The van der Waals surface area contributed by atoms with E-state index >= 15 is 0 Å². The third-order valence-electron chi connectivity index (χ3n) is 1.95. The maximum absolute atomic E-state index is 11.7. The van der Waals surface area contributed by atoms with Crippen molar-refractivity contribution in [1.29, 1.82) is 0 Å². The van der Waals surface area contributed by atoms with Gasteiger partial charge in [0.25, 0.3) is 0 Å². The number of carbonyl (C=O) groups excluding carboxylic acids is 1. The summed E-state index contributed by atoms with van der Waals surface area (Å²) in [5.74, 6) is 0. The first kappa shape index (κ1) is 11.2. The zero-order valence-corrected chi connectivity index (χ0v) is 7.46. The van der Waals surface area contributed by atoms with Gasteiger partial charge in [0.05, 0.1) is 6.10 Å². The van der Waals surface area contributed by atoms with Gasteiger partial charge in [-0.2, -0.15) is 13.2 Å². The van der Waals surface area contributed by atoms with Gasteiger partial charge in [-0.3, -0.25) is 4.79 Å². The van der Waals surface area contributed by atoms with Crippen molar-refractivity contribution in [2.24, 2.45) is 0 Å². The molecule has 1 rings (SSSR count). The number of carbonyl (C=O) groups is 1. The van der Waals surface area contributed by atoms with E-state index in [1.807, 2.05) is 0 Å². The van der Waals surface area contributed by atoms with Gasteiger partial charge in [0, 0.05) is 6.42 Å². The molecule has 1 aliphatic heterocycles. The van der Waals surface area contributed by atoms with E-state index in [-0.39, 0.29) is 18.6 Å². The minimum absolute atomic E-state index is 0.0829. The van der Waals surface area contributed by atoms with E-state index in [0.717, 1.165) is 0 Å². The van der Waals surface area contributed by atoms with Gasteiger partial charge < -0.3 is 4.74 Å². The molecule has 80 valence electrons. The summed E-state index contributed by atoms with van der Waals surface area (Å²) in [6.45, 7) is 0. The van der Waals surface area contributed by atoms with Crippen LogP contribution < -0.4 is 0 Å². The molecule has 1 aliphatic rings. The summed E-state index contributed by atoms with van der Waals surface area (Å²) in [5.41, 5.74) is 0. The highest BCUT2D eigenvalue weighted by molar-refractivity contribution is 5.64. The third kappa shape index (κ3) is 4.41. The Balaban J connectivity index is 2.06. The molecule has 0 unspecified atom stereocenters. The average Bonchev–Trinajstić information content (AvgIpc) is 2.78. The maximum atomic E-state index is 11.7. The average molecular weight is 208 g/mol. The minimum atomic E-state index is -4.08. The highest BCUT2D eigenvalue weighted by Crippen LogP contribution is 2.30. The Morgan fingerprint density at radius 2 is 2.07 bits per heavy atom. The summed E-state index contributed by atoms with van der Waals surface area (Å²) in [7, 11) is 0. The Kier molecular flexibility index (Phi) is 3.69. The quantitative estimate of drug-likeness (QED) is 0.394. The fourth-order valence-corrected chi connectivity index (χ4v) is 1.22. The van der Waals surface area contributed by atoms with Crippen LogP contribution >= 0.6 is 0 Å². The van der Waals surface area contributed by atoms with Gasteiger partial charge in [0.1, 0.15) is 12.4 Å². The van der Waals surface area contributed by atoms with Crippen molar-refractivity contribution in [1.82, 2.24) is 0 Å². The van der Waals surface area contributed by atoms with Gasteiger partial charge in [0.15, 0.2) is 0 Å². The van der Waals surface area contributed by atoms with Crippen LogP contribution in [0.1, 0.15) is 19.3 Å². The number of epoxide rings is 1. The molecule has 0 saturated carbocycles. The van der Waals surface area contributed by atoms with Gasteiger partial charge in [-0.05, 0) is 18.9 Å². The van der Waals surface area contributed by atoms with Gasteiger partial charge in [0.2, 0.25) is 0 Å². The van der Waals surface area contributed by atoms with Crippen molar-refractivity contribution in [3.63, 3.8) is 0 Å². The molecular weight excluding hydrogens is 197 g/mol. The summed E-state index contributed by atoms with van der Waals surface area (Å²) in [5, 5.41) is 0. The molecule has 2 atom stereocenters. The molecule has 5 heteroatoms. The van der Waals surface area contributed by atoms with Crippen molar-refractivity contribution in [3.8, 4) is 0 Å². The number of hydrogen-bond donors (Lipinski definition) is 0. The minimum Gasteiger partial charge on any atom is -0.365 e. The second-order valence-corrected chi connectivity index (χ2v) is 3.17. The zero-order chi connectivity index (χ0) is 10.6. The predicted molar refractivity (Wildman–Crippen MR) is 43.8 cm³/mol. The lowest BCUT2D eigenvalue weighted by atomic mass is 10.1. The molecule has 0 N–H and O–H groups in total. The van der Waals surface area contributed by atoms with Crippen LogP contribution in [0.25, 0.3) is 0 Å². The van der Waals surface area contributed by atoms with E-state index in [9.17, 15) is 18.0 Å². The molecule has 1 fully saturated rings. The molecule has 0 aromatic carbocycles. The topological polar surface area (TPSA) is 29.6 Å². The molecule has 0 spiro atoms. The molecule has 0 aromatic rings. The standard InChI is InChI=1S/C9H11F3O2/c10-9(11,12)5-1-3-7-8(14-7)4-2-6-13/h2,4,6-8H,1,3,5H2/t7-,8-/m1/s1. The van der Waals surface area contributed by atoms with Gasteiger partial charge in [-0.25, -0.2) is 0 Å². The van der Waals surface area contributed by atoms with Gasteiger partial charge in [-0.1, -0.05) is 6.08 Å². The highest BCUT2D eigenvalue weighted by Gasteiger charge is 2.37. The lowest BCUT2D eigenvalue weighted by molar-refractivity contribution is -0.135. The smallest absolute Gasteiger partial charge is 0.365 e. The fraction of sp³-hybridized carbons (Fsp3) is 0.667. The monoisotopic (exact) mass is 208 g/mol. The largest absolute Gasteiger partial charge is 0.389 e. The van der Waals surface area contributed by atoms with E-state index in [1.54, 1.807) is 6.08 Å². The maximum Gasteiger partial charge on any atom is 0.389 e. The van der Waals surface area contributed by atoms with E-state index < -0.39 is 12.6 Å². The Labute approximate surface area is 79.7 Å². The zero-order valence-electron chi connectivity index (χ0n) is 7.46. The summed E-state index contributed by atoms with van der Waals surface area (Å²) in [4.78, 5) is 9.90. The van der Waals surface area contributed by atoms with Gasteiger partial charge >= 0.3 is 6.18 Å². The van der Waals surface area contributed by atoms with Crippen molar-refractivity contribution in [2.75, 3.05) is 0 Å². The van der Waals surface area contributed by atoms with Gasteiger partial charge in [-0.15, -0.1) is 0 Å². The summed E-state index contributed by atoms with van der Waals surface area (Å²) >= 11 is 0. The Bertz CT molecular complexity index is 223. The first-order chi connectivity index (χ1) is 6.53. The number of halogens is 3. The summed E-state index contributed by atoms with van der Waals surface area (Å²) in [6, 6.07) is 0. The van der Waals surface area contributed by atoms with Crippen molar-refractivity contribution < 1.29 is 22.7 Å². The Morgan fingerprint density at radius 1 is 1.36 bits per heavy atom. The van der Waals surface area contributed by atoms with E-state index in [0.29, 0.717) is 12.7 Å². The van der Waals surface area contributed by atoms with Crippen LogP contribution in [-0.4, -0.2) is 24.7 Å². The molecule has 2 nitrogen and oxygen atoms in total. The lowest BCUT2D eigenvalue weighted by Gasteiger charge is -2.03. The summed E-state index contributed by atoms with van der Waals surface area (Å²) in [6.07, 6.45) is -1.18. The number of ether oxygens (including phenoxy) is 1. The van der Waals surface area contributed by atoms with Crippen LogP contribution in [0.3, 0.4) is 0 Å². The van der Waals surface area contributed by atoms with Crippen molar-refractivity contribution in [2.45, 2.75) is 37.6 Å². The van der Waals surface area contributed by atoms with Crippen molar-refractivity contribution >= 4 is 6.29 Å². The normalized spacial score (nSPS) is 26.8. The molecule has 0 radical (unpaired) electrons. The molecule has 1 heterocycles. The fourth-order valence-electron chi connectivity index (χ4n) is 1.22. The number of alkyl halides is 3. The molecule has 0 bridgehead atoms. The lowest BCUT2D eigenvalue weighted by Crippen LogP contribution is -2.07. The molecular formula is C9H11F3O2. The number of allylic oxidation sites excluding steroid dienone is 1. The summed E-state index contributed by atoms with van der Waals surface area (Å²) < 4.78 is 40.2. The Morgan fingerprint density at radius 3 is 2.64 bits per heavy atom.